The fraction of sp³-hybridized carbons (Fsp3) is 0.593. The highest BCUT2D eigenvalue weighted by molar-refractivity contribution is 7.80. The molecule has 3 rings (SSSR count). The Balaban J connectivity index is 1.51. The second-order valence-corrected chi connectivity index (χ2v) is 12.0. The minimum absolute atomic E-state index is 0.0241. The van der Waals surface area contributed by atoms with Crippen molar-refractivity contribution in [1.29, 1.82) is 0 Å². The van der Waals surface area contributed by atoms with Crippen molar-refractivity contribution in [2.75, 3.05) is 19.7 Å². The third-order valence-corrected chi connectivity index (χ3v) is 6.63. The van der Waals surface area contributed by atoms with Gasteiger partial charge in [-0.15, -0.1) is 0 Å². The number of carbonyl (C=O) groups excluding carboxylic acids is 2. The smallest absolute Gasteiger partial charge is 0.407 e. The molecule has 0 bridgehead atoms. The first-order chi connectivity index (χ1) is 20.1. The van der Waals surface area contributed by atoms with E-state index in [-0.39, 0.29) is 23.7 Å². The van der Waals surface area contributed by atoms with Crippen LogP contribution in [0.5, 0.6) is 5.75 Å². The van der Waals surface area contributed by atoms with Crippen molar-refractivity contribution < 1.29 is 55.6 Å². The summed E-state index contributed by atoms with van der Waals surface area (Å²) in [7, 11) is -5.03. The molecule has 2 heterocycles. The molecule has 1 aromatic heterocycles. The molecule has 0 radical (unpaired) electrons. The number of unbranched alkanes of at least 4 members (excludes halogenated alkanes) is 3. The Morgan fingerprint density at radius 2 is 1.72 bits per heavy atom. The van der Waals surface area contributed by atoms with Crippen molar-refractivity contribution in [2.24, 2.45) is 0 Å². The molecule has 4 unspecified atom stereocenters. The second kappa shape index (κ2) is 14.9. The summed E-state index contributed by atoms with van der Waals surface area (Å²) in [6, 6.07) is 5.47. The van der Waals surface area contributed by atoms with Crippen LogP contribution in [0.1, 0.15) is 52.0 Å². The van der Waals surface area contributed by atoms with Gasteiger partial charge in [0.1, 0.15) is 29.1 Å². The van der Waals surface area contributed by atoms with Gasteiger partial charge in [-0.3, -0.25) is 9.35 Å². The number of carbonyl (C=O) groups is 2. The van der Waals surface area contributed by atoms with Gasteiger partial charge in [-0.25, -0.2) is 13.8 Å². The van der Waals surface area contributed by atoms with Crippen LogP contribution in [0.15, 0.2) is 33.5 Å². The van der Waals surface area contributed by atoms with E-state index in [9.17, 15) is 33.0 Å². The molecule has 4 atom stereocenters. The van der Waals surface area contributed by atoms with E-state index >= 15 is 0 Å². The quantitative estimate of drug-likeness (QED) is 0.119. The predicted molar refractivity (Wildman–Crippen MR) is 151 cm³/mol. The fourth-order valence-corrected chi connectivity index (χ4v) is 4.73. The molecule has 1 saturated heterocycles. The van der Waals surface area contributed by atoms with Crippen LogP contribution < -0.4 is 21.0 Å². The number of fused-ring (bicyclic) bond motifs is 1. The maximum absolute atomic E-state index is 12.6. The highest BCUT2D eigenvalue weighted by Crippen LogP contribution is 2.27. The first-order valence-electron chi connectivity index (χ1n) is 13.7. The van der Waals surface area contributed by atoms with Gasteiger partial charge >= 0.3 is 22.1 Å². The van der Waals surface area contributed by atoms with E-state index in [2.05, 4.69) is 14.8 Å². The second-order valence-electron chi connectivity index (χ2n) is 11.0. The minimum atomic E-state index is -5.03. The van der Waals surface area contributed by atoms with Crippen molar-refractivity contribution in [1.82, 2.24) is 10.6 Å². The highest BCUT2D eigenvalue weighted by Gasteiger charge is 2.44. The van der Waals surface area contributed by atoms with Gasteiger partial charge in [0, 0.05) is 30.6 Å². The summed E-state index contributed by atoms with van der Waals surface area (Å²) in [6.07, 6.45) is -3.96. The van der Waals surface area contributed by atoms with E-state index in [4.69, 9.17) is 23.2 Å². The van der Waals surface area contributed by atoms with Crippen LogP contribution >= 0.6 is 0 Å². The number of ether oxygens (including phenoxy) is 3. The number of alkyl carbamates (subject to hydrolysis) is 1. The highest BCUT2D eigenvalue weighted by atomic mass is 32.3. The molecular weight excluding hydrogens is 592 g/mol. The summed E-state index contributed by atoms with van der Waals surface area (Å²) in [6.45, 7) is 5.90. The van der Waals surface area contributed by atoms with Crippen LogP contribution in [0, 0.1) is 0 Å². The maximum Gasteiger partial charge on any atom is 0.407 e. The Bertz CT molecular complexity index is 1420. The molecule has 0 aliphatic carbocycles. The lowest BCUT2D eigenvalue weighted by Crippen LogP contribution is -2.56. The van der Waals surface area contributed by atoms with E-state index in [1.807, 2.05) is 0 Å². The molecule has 1 aliphatic heterocycles. The SMILES string of the molecule is CC(C)(C)OC(=O)NCCCCCCNC(=O)Cc1cc(=O)oc2cc(OC3OCC(O)C(O)C3OS(=O)(=O)O)ccc12. The van der Waals surface area contributed by atoms with Gasteiger partial charge in [0.05, 0.1) is 13.0 Å². The molecule has 0 spiro atoms. The number of benzene rings is 1. The van der Waals surface area contributed by atoms with Crippen LogP contribution in [0.25, 0.3) is 11.0 Å². The number of hydrogen-bond donors (Lipinski definition) is 5. The molecule has 1 aromatic carbocycles. The molecule has 43 heavy (non-hydrogen) atoms. The number of aliphatic hydroxyl groups excluding tert-OH is 2. The summed E-state index contributed by atoms with van der Waals surface area (Å²) in [4.78, 5) is 36.4. The molecule has 5 N–H and O–H groups in total. The zero-order valence-corrected chi connectivity index (χ0v) is 24.9. The van der Waals surface area contributed by atoms with E-state index in [0.717, 1.165) is 25.7 Å². The minimum Gasteiger partial charge on any atom is -0.462 e. The first kappa shape index (κ1) is 34.2. The normalized spacial score (nSPS) is 20.9. The Hall–Kier alpha value is -3.28. The molecule has 16 heteroatoms. The summed E-state index contributed by atoms with van der Waals surface area (Å²) >= 11 is 0. The van der Waals surface area contributed by atoms with Gasteiger partial charge in [-0.2, -0.15) is 8.42 Å². The van der Waals surface area contributed by atoms with Crippen molar-refractivity contribution in [2.45, 2.75) is 83.1 Å². The lowest BCUT2D eigenvalue weighted by Gasteiger charge is -2.36. The molecule has 2 aromatic rings. The Labute approximate surface area is 248 Å². The van der Waals surface area contributed by atoms with E-state index < -0.39 is 58.9 Å². The Morgan fingerprint density at radius 1 is 1.05 bits per heavy atom. The topological polar surface area (TPSA) is 220 Å². The Morgan fingerprint density at radius 3 is 2.37 bits per heavy atom. The monoisotopic (exact) mass is 630 g/mol. The summed E-state index contributed by atoms with van der Waals surface area (Å²) in [5, 5.41) is 25.9. The number of hydrogen-bond acceptors (Lipinski definition) is 12. The van der Waals surface area contributed by atoms with Crippen LogP contribution in [0.2, 0.25) is 0 Å². The van der Waals surface area contributed by atoms with E-state index in [1.165, 1.54) is 24.3 Å². The number of aliphatic hydroxyl groups is 2. The van der Waals surface area contributed by atoms with Crippen LogP contribution in [-0.4, -0.2) is 85.1 Å². The third-order valence-electron chi connectivity index (χ3n) is 6.16. The van der Waals surface area contributed by atoms with Crippen LogP contribution in [0.3, 0.4) is 0 Å². The fourth-order valence-electron chi connectivity index (χ4n) is 4.25. The molecule has 240 valence electrons. The average molecular weight is 631 g/mol. The molecule has 1 fully saturated rings. The third kappa shape index (κ3) is 11.4. The molecule has 15 nitrogen and oxygen atoms in total. The molecule has 1 aliphatic rings. The van der Waals surface area contributed by atoms with Gasteiger partial charge in [0.15, 0.2) is 6.10 Å². The Kier molecular flexibility index (Phi) is 11.9. The first-order valence-corrected chi connectivity index (χ1v) is 15.1. The van der Waals surface area contributed by atoms with Crippen molar-refractivity contribution in [3.8, 4) is 5.75 Å². The van der Waals surface area contributed by atoms with Crippen molar-refractivity contribution >= 4 is 33.4 Å². The zero-order valence-electron chi connectivity index (χ0n) is 24.1. The van der Waals surface area contributed by atoms with Crippen LogP contribution in [0.4, 0.5) is 4.79 Å². The maximum atomic E-state index is 12.6. The zero-order chi connectivity index (χ0) is 31.8. The van der Waals surface area contributed by atoms with E-state index in [0.29, 0.717) is 24.0 Å². The molecule has 0 saturated carbocycles. The number of amides is 2. The van der Waals surface area contributed by atoms with Gasteiger partial charge in [-0.1, -0.05) is 12.8 Å². The number of nitrogens with one attached hydrogen (secondary N) is 2. The molecular formula is C27H38N2O13S. The lowest BCUT2D eigenvalue weighted by atomic mass is 10.1. The standard InChI is InChI=1S/C27H38N2O13S/c1-27(2,3)41-26(34)29-11-7-5-4-6-10-28-21(31)12-16-13-22(32)40-20-14-17(8-9-18(16)20)39-25-24(42-43(35,36)37)23(33)19(30)15-38-25/h8-9,13-14,19,23-25,30,33H,4-7,10-12,15H2,1-3H3,(H,28,31)(H,29,34)(H,35,36,37). The predicted octanol–water partition coefficient (Wildman–Crippen LogP) is 1.18. The van der Waals surface area contributed by atoms with Crippen molar-refractivity contribution in [3.63, 3.8) is 0 Å². The van der Waals surface area contributed by atoms with Gasteiger partial charge < -0.3 is 39.5 Å². The summed E-state index contributed by atoms with van der Waals surface area (Å²) < 4.78 is 57.1. The van der Waals surface area contributed by atoms with Crippen molar-refractivity contribution in [3.05, 3.63) is 40.2 Å². The lowest BCUT2D eigenvalue weighted by molar-refractivity contribution is -0.234. The van der Waals surface area contributed by atoms with E-state index in [1.54, 1.807) is 20.8 Å². The summed E-state index contributed by atoms with van der Waals surface area (Å²) in [5.74, 6) is -0.275. The van der Waals surface area contributed by atoms with Gasteiger partial charge in [0.25, 0.3) is 0 Å². The largest absolute Gasteiger partial charge is 0.462 e. The van der Waals surface area contributed by atoms with Gasteiger partial charge in [0.2, 0.25) is 12.2 Å². The number of rotatable bonds is 13. The molecule has 2 amide bonds. The average Bonchev–Trinajstić information content (AvgIpc) is 2.88. The van der Waals surface area contributed by atoms with Gasteiger partial charge in [-0.05, 0) is 51.3 Å². The van der Waals surface area contributed by atoms with Crippen LogP contribution in [-0.2, 0) is 35.3 Å². The summed E-state index contributed by atoms with van der Waals surface area (Å²) in [5.41, 5.74) is -0.792.